The molecule has 0 bridgehead atoms. The Morgan fingerprint density at radius 2 is 1.85 bits per heavy atom. The fourth-order valence-electron chi connectivity index (χ4n) is 6.42. The average Bonchev–Trinajstić information content (AvgIpc) is 3.44. The minimum Gasteiger partial charge on any atom is -0.444 e. The number of fused-ring (bicyclic) bond motifs is 1. The predicted octanol–water partition coefficient (Wildman–Crippen LogP) is 7.69. The van der Waals surface area contributed by atoms with Crippen molar-refractivity contribution in [3.05, 3.63) is 87.5 Å². The van der Waals surface area contributed by atoms with Crippen molar-refractivity contribution < 1.29 is 31.4 Å². The molecule has 14 heteroatoms. The number of pyridine rings is 1. The van der Waals surface area contributed by atoms with Gasteiger partial charge in [0.15, 0.2) is 17.3 Å². The highest BCUT2D eigenvalue weighted by atomic mass is 35.5. The van der Waals surface area contributed by atoms with Crippen molar-refractivity contribution in [2.24, 2.45) is 5.41 Å². The van der Waals surface area contributed by atoms with Gasteiger partial charge < -0.3 is 9.47 Å². The molecular weight excluding hydrogens is 643 g/mol. The molecule has 1 N–H and O–H groups in total. The number of aromatic amines is 1. The standard InChI is InChI=1S/C33H28ClF5N6O2/c1-31(22-3-2-21(34)13-24(22)36)46-26-5-4-23(35)27(28(26)47-31)18-6-10-45(11-7-18)16-25-19(14-32(17-40)8-9-32)12-20(15-41-25)29-42-30(44-43-29)33(37,38)39/h2-5,12-13,15,18H,6-11,14,16H2,1H3,(H,42,43,44). The third kappa shape index (κ3) is 6.00. The number of aromatic nitrogens is 4. The number of piperidine rings is 1. The van der Waals surface area contributed by atoms with Crippen molar-refractivity contribution in [3.63, 3.8) is 0 Å². The molecule has 0 spiro atoms. The molecule has 1 aliphatic carbocycles. The van der Waals surface area contributed by atoms with E-state index in [0.29, 0.717) is 61.5 Å². The monoisotopic (exact) mass is 670 g/mol. The number of ether oxygens (including phenoxy) is 2. The van der Waals surface area contributed by atoms with Gasteiger partial charge in [-0.05, 0) is 93.1 Å². The van der Waals surface area contributed by atoms with Crippen LogP contribution in [0.1, 0.15) is 66.7 Å². The summed E-state index contributed by atoms with van der Waals surface area (Å²) in [5.41, 5.74) is 1.80. The van der Waals surface area contributed by atoms with E-state index in [-0.39, 0.29) is 28.1 Å². The summed E-state index contributed by atoms with van der Waals surface area (Å²) >= 11 is 5.93. The first kappa shape index (κ1) is 31.3. The Bertz CT molecular complexity index is 1900. The number of H-pyrrole nitrogens is 1. The molecule has 2 aromatic heterocycles. The number of hydrogen-bond acceptors (Lipinski definition) is 7. The van der Waals surface area contributed by atoms with Crippen LogP contribution in [0.5, 0.6) is 11.5 Å². The summed E-state index contributed by atoms with van der Waals surface area (Å²) in [6.07, 6.45) is -0.145. The van der Waals surface area contributed by atoms with Gasteiger partial charge in [0.2, 0.25) is 5.82 Å². The summed E-state index contributed by atoms with van der Waals surface area (Å²) in [6, 6.07) is 11.1. The molecule has 1 saturated heterocycles. The number of nitriles is 1. The maximum absolute atomic E-state index is 15.4. The molecule has 7 rings (SSSR count). The van der Waals surface area contributed by atoms with Crippen molar-refractivity contribution in [2.45, 2.75) is 63.5 Å². The molecule has 8 nitrogen and oxygen atoms in total. The van der Waals surface area contributed by atoms with E-state index in [1.54, 1.807) is 13.0 Å². The lowest BCUT2D eigenvalue weighted by Crippen LogP contribution is -2.34. The number of nitrogens with zero attached hydrogens (tertiary/aromatic N) is 5. The Labute approximate surface area is 271 Å². The molecular formula is C33H28ClF5N6O2. The van der Waals surface area contributed by atoms with Gasteiger partial charge in [-0.1, -0.05) is 11.6 Å². The normalized spacial score (nSPS) is 20.7. The van der Waals surface area contributed by atoms with Crippen molar-refractivity contribution in [1.29, 1.82) is 5.26 Å². The van der Waals surface area contributed by atoms with Gasteiger partial charge in [0.25, 0.3) is 5.79 Å². The Morgan fingerprint density at radius 3 is 2.51 bits per heavy atom. The van der Waals surface area contributed by atoms with Crippen molar-refractivity contribution in [2.75, 3.05) is 13.1 Å². The first-order chi connectivity index (χ1) is 22.4. The molecule has 1 saturated carbocycles. The fraction of sp³-hybridized carbons (Fsp3) is 0.394. The third-order valence-electron chi connectivity index (χ3n) is 9.19. The number of alkyl halides is 3. The van der Waals surface area contributed by atoms with Crippen molar-refractivity contribution in [1.82, 2.24) is 25.1 Å². The van der Waals surface area contributed by atoms with Crippen LogP contribution in [0, 0.1) is 28.4 Å². The SMILES string of the molecule is CC1(c2ccc(Cl)cc2F)Oc2ccc(F)c(C3CCN(Cc4ncc(-c5n[nH]c(C(F)(F)F)n5)cc4CC4(C#N)CC4)CC3)c2O1. The minimum absolute atomic E-state index is 0.126. The lowest BCUT2D eigenvalue weighted by atomic mass is 9.88. The Balaban J connectivity index is 1.08. The van der Waals surface area contributed by atoms with Crippen LogP contribution in [0.3, 0.4) is 0 Å². The van der Waals surface area contributed by atoms with E-state index < -0.39 is 34.8 Å². The first-order valence-electron chi connectivity index (χ1n) is 15.1. The quantitative estimate of drug-likeness (QED) is 0.201. The number of likely N-dealkylation sites (tertiary alicyclic amines) is 1. The first-order valence-corrected chi connectivity index (χ1v) is 15.5. The largest absolute Gasteiger partial charge is 0.451 e. The second-order valence-corrected chi connectivity index (χ2v) is 13.0. The number of rotatable bonds is 7. The maximum atomic E-state index is 15.4. The lowest BCUT2D eigenvalue weighted by Gasteiger charge is -2.33. The average molecular weight is 671 g/mol. The van der Waals surface area contributed by atoms with Crippen LogP contribution >= 0.6 is 11.6 Å². The smallest absolute Gasteiger partial charge is 0.444 e. The van der Waals surface area contributed by atoms with Crippen LogP contribution in [0.4, 0.5) is 22.0 Å². The summed E-state index contributed by atoms with van der Waals surface area (Å²) in [4.78, 5) is 10.4. The van der Waals surface area contributed by atoms with E-state index in [9.17, 15) is 22.8 Å². The lowest BCUT2D eigenvalue weighted by molar-refractivity contribution is -0.144. The zero-order valence-corrected chi connectivity index (χ0v) is 25.9. The molecule has 2 aromatic carbocycles. The minimum atomic E-state index is -4.66. The predicted molar refractivity (Wildman–Crippen MR) is 159 cm³/mol. The summed E-state index contributed by atoms with van der Waals surface area (Å²) in [7, 11) is 0. The van der Waals surface area contributed by atoms with Crippen molar-refractivity contribution >= 4 is 11.6 Å². The van der Waals surface area contributed by atoms with E-state index in [1.807, 2.05) is 5.10 Å². The van der Waals surface area contributed by atoms with Crippen LogP contribution in [-0.2, 0) is 24.9 Å². The summed E-state index contributed by atoms with van der Waals surface area (Å²) in [5.74, 6) is -3.47. The van der Waals surface area contributed by atoms with Gasteiger partial charge in [-0.15, -0.1) is 0 Å². The summed E-state index contributed by atoms with van der Waals surface area (Å²) < 4.78 is 81.8. The van der Waals surface area contributed by atoms with E-state index in [2.05, 4.69) is 26.0 Å². The van der Waals surface area contributed by atoms with Crippen LogP contribution in [0.2, 0.25) is 5.02 Å². The number of hydrogen-bond donors (Lipinski definition) is 1. The van der Waals surface area contributed by atoms with Crippen molar-refractivity contribution in [3.8, 4) is 29.0 Å². The molecule has 47 heavy (non-hydrogen) atoms. The number of halogens is 6. The van der Waals surface area contributed by atoms with Crippen LogP contribution < -0.4 is 9.47 Å². The number of benzene rings is 2. The summed E-state index contributed by atoms with van der Waals surface area (Å²) in [5, 5.41) is 15.6. The van der Waals surface area contributed by atoms with Gasteiger partial charge in [0, 0.05) is 35.8 Å². The maximum Gasteiger partial charge on any atom is 0.451 e. The highest BCUT2D eigenvalue weighted by molar-refractivity contribution is 6.30. The van der Waals surface area contributed by atoms with E-state index in [4.69, 9.17) is 21.1 Å². The molecule has 2 aliphatic heterocycles. The highest BCUT2D eigenvalue weighted by Crippen LogP contribution is 2.51. The Hall–Kier alpha value is -4.28. The fourth-order valence-corrected chi connectivity index (χ4v) is 6.58. The van der Waals surface area contributed by atoms with Gasteiger partial charge in [-0.2, -0.15) is 23.5 Å². The molecule has 4 heterocycles. The van der Waals surface area contributed by atoms with Gasteiger partial charge in [-0.25, -0.2) is 13.8 Å². The Morgan fingerprint density at radius 1 is 1.09 bits per heavy atom. The molecule has 0 amide bonds. The van der Waals surface area contributed by atoms with Crippen LogP contribution in [-0.4, -0.2) is 38.2 Å². The number of nitrogens with one attached hydrogen (secondary N) is 1. The van der Waals surface area contributed by atoms with Crippen LogP contribution in [0.15, 0.2) is 42.6 Å². The van der Waals surface area contributed by atoms with Gasteiger partial charge in [0.05, 0.1) is 22.7 Å². The molecule has 244 valence electrons. The molecule has 1 unspecified atom stereocenters. The molecule has 4 aromatic rings. The molecule has 3 aliphatic rings. The van der Waals surface area contributed by atoms with Gasteiger partial charge >= 0.3 is 6.18 Å². The topological polar surface area (TPSA) is 100.0 Å². The van der Waals surface area contributed by atoms with E-state index in [0.717, 1.165) is 18.4 Å². The van der Waals surface area contributed by atoms with E-state index >= 15 is 4.39 Å². The molecule has 1 atom stereocenters. The van der Waals surface area contributed by atoms with Gasteiger partial charge in [0.1, 0.15) is 11.6 Å². The zero-order valence-electron chi connectivity index (χ0n) is 25.1. The zero-order chi connectivity index (χ0) is 33.1. The Kier molecular flexibility index (Phi) is 7.63. The van der Waals surface area contributed by atoms with Crippen LogP contribution in [0.25, 0.3) is 11.4 Å². The molecule has 2 fully saturated rings. The molecule has 0 radical (unpaired) electrons. The third-order valence-corrected chi connectivity index (χ3v) is 9.42. The second-order valence-electron chi connectivity index (χ2n) is 12.5. The highest BCUT2D eigenvalue weighted by Gasteiger charge is 2.45. The summed E-state index contributed by atoms with van der Waals surface area (Å²) in [6.45, 7) is 3.21. The van der Waals surface area contributed by atoms with E-state index in [1.165, 1.54) is 36.5 Å². The van der Waals surface area contributed by atoms with Gasteiger partial charge in [-0.3, -0.25) is 15.0 Å². The second kappa shape index (κ2) is 11.5.